The molecule has 1 heterocycles. The number of halogens is 1. The van der Waals surface area contributed by atoms with E-state index in [0.29, 0.717) is 6.54 Å². The number of hydrogen-bond donors (Lipinski definition) is 2. The van der Waals surface area contributed by atoms with E-state index in [1.54, 1.807) is 24.5 Å². The predicted molar refractivity (Wildman–Crippen MR) is 59.9 cm³/mol. The third-order valence-electron chi connectivity index (χ3n) is 1.80. The third-order valence-corrected chi connectivity index (χ3v) is 2.00. The molecule has 1 atom stereocenters. The lowest BCUT2D eigenvalue weighted by Crippen LogP contribution is -2.41. The van der Waals surface area contributed by atoms with Crippen LogP contribution in [0.15, 0.2) is 24.5 Å². The van der Waals surface area contributed by atoms with Crippen LogP contribution in [-0.2, 0) is 11.3 Å². The number of urea groups is 1. The monoisotopic (exact) mass is 241 g/mol. The molecule has 0 radical (unpaired) electrons. The Hall–Kier alpha value is -1.62. The van der Waals surface area contributed by atoms with Crippen molar-refractivity contribution in [2.24, 2.45) is 0 Å². The molecule has 1 unspecified atom stereocenters. The minimum absolute atomic E-state index is 0.332. The summed E-state index contributed by atoms with van der Waals surface area (Å²) in [6, 6.07) is 2.98. The van der Waals surface area contributed by atoms with Crippen LogP contribution in [0.2, 0.25) is 0 Å². The van der Waals surface area contributed by atoms with Crippen LogP contribution in [0.4, 0.5) is 4.79 Å². The molecule has 1 rings (SSSR count). The topological polar surface area (TPSA) is 71.1 Å². The number of carbonyl (C=O) groups is 2. The van der Waals surface area contributed by atoms with Gasteiger partial charge >= 0.3 is 6.03 Å². The van der Waals surface area contributed by atoms with Crippen molar-refractivity contribution >= 4 is 23.5 Å². The Morgan fingerprint density at radius 3 is 2.62 bits per heavy atom. The molecule has 6 heteroatoms. The molecule has 1 aromatic heterocycles. The second kappa shape index (κ2) is 6.07. The van der Waals surface area contributed by atoms with Crippen LogP contribution in [0.1, 0.15) is 12.5 Å². The Bertz CT molecular complexity index is 368. The van der Waals surface area contributed by atoms with Crippen molar-refractivity contribution < 1.29 is 9.59 Å². The first kappa shape index (κ1) is 12.4. The highest BCUT2D eigenvalue weighted by atomic mass is 35.5. The van der Waals surface area contributed by atoms with Gasteiger partial charge in [-0.25, -0.2) is 4.79 Å². The summed E-state index contributed by atoms with van der Waals surface area (Å²) in [6.07, 6.45) is 3.25. The van der Waals surface area contributed by atoms with Crippen LogP contribution in [0, 0.1) is 0 Å². The second-order valence-corrected chi connectivity index (χ2v) is 3.80. The van der Waals surface area contributed by atoms with E-state index in [4.69, 9.17) is 11.6 Å². The smallest absolute Gasteiger partial charge is 0.321 e. The Balaban J connectivity index is 2.34. The number of aromatic nitrogens is 1. The minimum Gasteiger partial charge on any atom is -0.334 e. The molecular weight excluding hydrogens is 230 g/mol. The van der Waals surface area contributed by atoms with E-state index in [9.17, 15) is 9.59 Å². The largest absolute Gasteiger partial charge is 0.334 e. The minimum atomic E-state index is -0.730. The van der Waals surface area contributed by atoms with Gasteiger partial charge in [-0.3, -0.25) is 15.1 Å². The number of alkyl halides is 1. The molecule has 0 aromatic carbocycles. The van der Waals surface area contributed by atoms with E-state index in [-0.39, 0.29) is 0 Å². The normalized spacial score (nSPS) is 11.6. The molecule has 2 N–H and O–H groups in total. The molecule has 16 heavy (non-hydrogen) atoms. The van der Waals surface area contributed by atoms with Crippen molar-refractivity contribution in [1.82, 2.24) is 15.6 Å². The molecule has 0 spiro atoms. The summed E-state index contributed by atoms with van der Waals surface area (Å²) in [6.45, 7) is 1.82. The maximum absolute atomic E-state index is 11.2. The van der Waals surface area contributed by atoms with Crippen molar-refractivity contribution in [3.63, 3.8) is 0 Å². The summed E-state index contributed by atoms with van der Waals surface area (Å²) in [5.41, 5.74) is 0.900. The molecule has 0 bridgehead atoms. The van der Waals surface area contributed by atoms with Gasteiger partial charge in [-0.05, 0) is 24.6 Å². The highest BCUT2D eigenvalue weighted by molar-refractivity contribution is 6.31. The first-order valence-corrected chi connectivity index (χ1v) is 5.15. The molecule has 0 aliphatic heterocycles. The summed E-state index contributed by atoms with van der Waals surface area (Å²) in [5, 5.41) is 3.91. The molecule has 1 aromatic rings. The number of imide groups is 1. The van der Waals surface area contributed by atoms with Gasteiger partial charge in [0.1, 0.15) is 5.38 Å². The van der Waals surface area contributed by atoms with Gasteiger partial charge in [-0.1, -0.05) is 0 Å². The SMILES string of the molecule is CC(Cl)C(=O)NC(=O)NCc1ccncc1. The molecule has 0 aliphatic rings. The Morgan fingerprint density at radius 2 is 2.06 bits per heavy atom. The number of rotatable bonds is 3. The van der Waals surface area contributed by atoms with Crippen molar-refractivity contribution in [2.45, 2.75) is 18.8 Å². The maximum atomic E-state index is 11.2. The van der Waals surface area contributed by atoms with Gasteiger partial charge in [-0.2, -0.15) is 0 Å². The molecular formula is C10H12ClN3O2. The Kier molecular flexibility index (Phi) is 4.72. The second-order valence-electron chi connectivity index (χ2n) is 3.14. The molecule has 0 aliphatic carbocycles. The lowest BCUT2D eigenvalue weighted by atomic mass is 10.3. The van der Waals surface area contributed by atoms with Crippen LogP contribution in [0.3, 0.4) is 0 Å². The fraction of sp³-hybridized carbons (Fsp3) is 0.300. The van der Waals surface area contributed by atoms with Crippen LogP contribution >= 0.6 is 11.6 Å². The standard InChI is InChI=1S/C10H12ClN3O2/c1-7(11)9(15)14-10(16)13-6-8-2-4-12-5-3-8/h2-5,7H,6H2,1H3,(H2,13,14,15,16). The first-order valence-electron chi connectivity index (χ1n) is 4.71. The molecule has 5 nitrogen and oxygen atoms in total. The van der Waals surface area contributed by atoms with Crippen LogP contribution in [-0.4, -0.2) is 22.3 Å². The van der Waals surface area contributed by atoms with Gasteiger partial charge < -0.3 is 5.32 Å². The number of amides is 3. The number of carbonyl (C=O) groups excluding carboxylic acids is 2. The zero-order valence-electron chi connectivity index (χ0n) is 8.74. The highest BCUT2D eigenvalue weighted by Crippen LogP contribution is 1.95. The van der Waals surface area contributed by atoms with Crippen molar-refractivity contribution in [1.29, 1.82) is 0 Å². The van der Waals surface area contributed by atoms with Gasteiger partial charge in [0.15, 0.2) is 0 Å². The zero-order chi connectivity index (χ0) is 12.0. The van der Waals surface area contributed by atoms with Crippen LogP contribution in [0.5, 0.6) is 0 Å². The van der Waals surface area contributed by atoms with Gasteiger partial charge in [0.05, 0.1) is 0 Å². The van der Waals surface area contributed by atoms with Gasteiger partial charge in [-0.15, -0.1) is 11.6 Å². The number of pyridine rings is 1. The summed E-state index contributed by atoms with van der Waals surface area (Å²) < 4.78 is 0. The predicted octanol–water partition coefficient (Wildman–Crippen LogP) is 1.03. The quantitative estimate of drug-likeness (QED) is 0.777. The Labute approximate surface area is 98.2 Å². The average molecular weight is 242 g/mol. The lowest BCUT2D eigenvalue weighted by Gasteiger charge is -2.07. The van der Waals surface area contributed by atoms with E-state index >= 15 is 0 Å². The molecule has 0 fully saturated rings. The maximum Gasteiger partial charge on any atom is 0.321 e. The van der Waals surface area contributed by atoms with E-state index in [0.717, 1.165) is 5.56 Å². The van der Waals surface area contributed by atoms with Crippen LogP contribution in [0.25, 0.3) is 0 Å². The third kappa shape index (κ3) is 4.27. The molecule has 86 valence electrons. The van der Waals surface area contributed by atoms with E-state index in [1.807, 2.05) is 0 Å². The highest BCUT2D eigenvalue weighted by Gasteiger charge is 2.12. The average Bonchev–Trinajstić information content (AvgIpc) is 2.27. The van der Waals surface area contributed by atoms with Crippen molar-refractivity contribution in [3.05, 3.63) is 30.1 Å². The lowest BCUT2D eigenvalue weighted by molar-refractivity contribution is -0.119. The van der Waals surface area contributed by atoms with E-state index < -0.39 is 17.3 Å². The number of nitrogens with one attached hydrogen (secondary N) is 2. The number of nitrogens with zero attached hydrogens (tertiary/aromatic N) is 1. The van der Waals surface area contributed by atoms with Gasteiger partial charge in [0.25, 0.3) is 0 Å². The summed E-state index contributed by atoms with van der Waals surface area (Å²) in [4.78, 5) is 26.1. The summed E-state index contributed by atoms with van der Waals surface area (Å²) in [5.74, 6) is -0.520. The molecule has 3 amide bonds. The summed E-state index contributed by atoms with van der Waals surface area (Å²) >= 11 is 5.49. The Morgan fingerprint density at radius 1 is 1.44 bits per heavy atom. The fourth-order valence-electron chi connectivity index (χ4n) is 0.939. The van der Waals surface area contributed by atoms with Crippen molar-refractivity contribution in [2.75, 3.05) is 0 Å². The van der Waals surface area contributed by atoms with Gasteiger partial charge in [0, 0.05) is 18.9 Å². The fourth-order valence-corrected chi connectivity index (χ4v) is 0.993. The molecule has 0 saturated heterocycles. The van der Waals surface area contributed by atoms with E-state index in [1.165, 1.54) is 6.92 Å². The van der Waals surface area contributed by atoms with Crippen molar-refractivity contribution in [3.8, 4) is 0 Å². The molecule has 0 saturated carbocycles. The van der Waals surface area contributed by atoms with Crippen LogP contribution < -0.4 is 10.6 Å². The first-order chi connectivity index (χ1) is 7.59. The van der Waals surface area contributed by atoms with E-state index in [2.05, 4.69) is 15.6 Å². The summed E-state index contributed by atoms with van der Waals surface area (Å²) in [7, 11) is 0. The number of hydrogen-bond acceptors (Lipinski definition) is 3. The van der Waals surface area contributed by atoms with Gasteiger partial charge in [0.2, 0.25) is 5.91 Å². The zero-order valence-corrected chi connectivity index (χ0v) is 9.49.